The first kappa shape index (κ1) is 10.9. The van der Waals surface area contributed by atoms with Crippen molar-refractivity contribution in [2.75, 3.05) is 0 Å². The van der Waals surface area contributed by atoms with Gasteiger partial charge in [-0.15, -0.1) is 0 Å². The number of nitrogens with zero attached hydrogens (tertiary/aromatic N) is 3. The third-order valence-electron chi connectivity index (χ3n) is 2.16. The highest BCUT2D eigenvalue weighted by atomic mass is 35.5. The van der Waals surface area contributed by atoms with Gasteiger partial charge < -0.3 is 4.74 Å². The van der Waals surface area contributed by atoms with Gasteiger partial charge in [0, 0.05) is 6.42 Å². The zero-order valence-corrected chi connectivity index (χ0v) is 9.75. The van der Waals surface area contributed by atoms with E-state index < -0.39 is 0 Å². The molecule has 82 valence electrons. The smallest absolute Gasteiger partial charge is 0.227 e. The summed E-state index contributed by atoms with van der Waals surface area (Å²) < 4.78 is 5.54. The topological polar surface area (TPSA) is 58.8 Å². The van der Waals surface area contributed by atoms with Gasteiger partial charge >= 0.3 is 0 Å². The molecule has 0 aliphatic heterocycles. The molecule has 0 fully saturated rings. The molecule has 1 aliphatic carbocycles. The Balaban J connectivity index is 2.52. The molecule has 1 aromatic heterocycles. The van der Waals surface area contributed by atoms with Crippen molar-refractivity contribution in [3.8, 4) is 11.9 Å². The molecule has 0 bridgehead atoms. The number of fused-ring (bicyclic) bond motifs is 1. The standard InChI is InChI=1S/C11H10ClN3O/c1-6(2)16-10-9-7(5-13)3-4-8(9)14-11(12)15-10/h3,6H,4H2,1-2H3. The van der Waals surface area contributed by atoms with Crippen molar-refractivity contribution in [3.63, 3.8) is 0 Å². The highest BCUT2D eigenvalue weighted by molar-refractivity contribution is 6.28. The van der Waals surface area contributed by atoms with Crippen LogP contribution in [-0.2, 0) is 6.42 Å². The first-order valence-corrected chi connectivity index (χ1v) is 5.33. The summed E-state index contributed by atoms with van der Waals surface area (Å²) in [6, 6.07) is 2.11. The van der Waals surface area contributed by atoms with Gasteiger partial charge in [0.15, 0.2) is 0 Å². The second-order valence-electron chi connectivity index (χ2n) is 3.72. The number of aromatic nitrogens is 2. The predicted octanol–water partition coefficient (Wildman–Crippen LogP) is 2.38. The zero-order valence-electron chi connectivity index (χ0n) is 8.99. The van der Waals surface area contributed by atoms with E-state index in [2.05, 4.69) is 16.0 Å². The van der Waals surface area contributed by atoms with Gasteiger partial charge in [0.2, 0.25) is 11.2 Å². The van der Waals surface area contributed by atoms with Crippen LogP contribution in [-0.4, -0.2) is 16.1 Å². The van der Waals surface area contributed by atoms with Crippen LogP contribution in [0.25, 0.3) is 5.57 Å². The minimum Gasteiger partial charge on any atom is -0.474 e. The van der Waals surface area contributed by atoms with Crippen LogP contribution in [0.5, 0.6) is 5.88 Å². The fraction of sp³-hybridized carbons (Fsp3) is 0.364. The van der Waals surface area contributed by atoms with Gasteiger partial charge in [0.05, 0.1) is 29.0 Å². The molecule has 0 unspecified atom stereocenters. The lowest BCUT2D eigenvalue weighted by Gasteiger charge is -2.12. The summed E-state index contributed by atoms with van der Waals surface area (Å²) in [6.45, 7) is 3.79. The molecule has 0 N–H and O–H groups in total. The molecular weight excluding hydrogens is 226 g/mol. The summed E-state index contributed by atoms with van der Waals surface area (Å²) in [7, 11) is 0. The van der Waals surface area contributed by atoms with Crippen molar-refractivity contribution >= 4 is 17.2 Å². The summed E-state index contributed by atoms with van der Waals surface area (Å²) in [5.74, 6) is 0.398. The van der Waals surface area contributed by atoms with E-state index in [0.29, 0.717) is 23.4 Å². The van der Waals surface area contributed by atoms with E-state index in [1.54, 1.807) is 0 Å². The monoisotopic (exact) mass is 235 g/mol. The zero-order chi connectivity index (χ0) is 11.7. The van der Waals surface area contributed by atoms with E-state index >= 15 is 0 Å². The molecular formula is C11H10ClN3O. The molecule has 5 heteroatoms. The van der Waals surface area contributed by atoms with Gasteiger partial charge in [0.25, 0.3) is 0 Å². The molecule has 0 spiro atoms. The Morgan fingerprint density at radius 1 is 1.50 bits per heavy atom. The molecule has 1 aliphatic rings. The highest BCUT2D eigenvalue weighted by Crippen LogP contribution is 2.33. The lowest BCUT2D eigenvalue weighted by atomic mass is 10.1. The SMILES string of the molecule is CC(C)Oc1nc(Cl)nc2c1C(C#N)=CC2. The minimum absolute atomic E-state index is 0.0180. The molecule has 2 rings (SSSR count). The van der Waals surface area contributed by atoms with Crippen LogP contribution in [0.4, 0.5) is 0 Å². The summed E-state index contributed by atoms with van der Waals surface area (Å²) in [4.78, 5) is 8.11. The van der Waals surface area contributed by atoms with Crippen molar-refractivity contribution in [1.29, 1.82) is 5.26 Å². The average Bonchev–Trinajstić information content (AvgIpc) is 2.59. The summed E-state index contributed by atoms with van der Waals surface area (Å²) in [6.07, 6.45) is 2.40. The Labute approximate surface area is 98.5 Å². The van der Waals surface area contributed by atoms with Crippen LogP contribution in [0.2, 0.25) is 5.28 Å². The molecule has 0 aromatic carbocycles. The van der Waals surface area contributed by atoms with Crippen molar-refractivity contribution in [2.45, 2.75) is 26.4 Å². The third kappa shape index (κ3) is 1.86. The minimum atomic E-state index is -0.0180. The second kappa shape index (κ2) is 4.11. The van der Waals surface area contributed by atoms with E-state index in [1.165, 1.54) is 0 Å². The Morgan fingerprint density at radius 3 is 2.88 bits per heavy atom. The largest absolute Gasteiger partial charge is 0.474 e. The van der Waals surface area contributed by atoms with Crippen LogP contribution in [0.15, 0.2) is 6.08 Å². The van der Waals surface area contributed by atoms with E-state index in [1.807, 2.05) is 19.9 Å². The lowest BCUT2D eigenvalue weighted by Crippen LogP contribution is -2.10. The highest BCUT2D eigenvalue weighted by Gasteiger charge is 2.23. The van der Waals surface area contributed by atoms with Crippen LogP contribution in [0, 0.1) is 11.3 Å². The third-order valence-corrected chi connectivity index (χ3v) is 2.33. The number of allylic oxidation sites excluding steroid dienone is 2. The van der Waals surface area contributed by atoms with Gasteiger partial charge in [-0.2, -0.15) is 10.2 Å². The second-order valence-corrected chi connectivity index (χ2v) is 4.06. The van der Waals surface area contributed by atoms with Crippen molar-refractivity contribution < 1.29 is 4.74 Å². The number of ether oxygens (including phenoxy) is 1. The van der Waals surface area contributed by atoms with Gasteiger partial charge in [-0.05, 0) is 25.4 Å². The van der Waals surface area contributed by atoms with E-state index in [4.69, 9.17) is 21.6 Å². The van der Waals surface area contributed by atoms with Crippen LogP contribution in [0.3, 0.4) is 0 Å². The molecule has 1 aromatic rings. The predicted molar refractivity (Wildman–Crippen MR) is 60.1 cm³/mol. The summed E-state index contributed by atoms with van der Waals surface area (Å²) in [5.41, 5.74) is 2.00. The van der Waals surface area contributed by atoms with E-state index in [-0.39, 0.29) is 11.4 Å². The molecule has 0 saturated heterocycles. The maximum Gasteiger partial charge on any atom is 0.227 e. The molecule has 0 saturated carbocycles. The maximum atomic E-state index is 8.98. The lowest BCUT2D eigenvalue weighted by molar-refractivity contribution is 0.231. The molecule has 0 amide bonds. The van der Waals surface area contributed by atoms with Crippen molar-refractivity contribution in [3.05, 3.63) is 22.6 Å². The molecule has 0 atom stereocenters. The van der Waals surface area contributed by atoms with Gasteiger partial charge in [-0.3, -0.25) is 0 Å². The van der Waals surface area contributed by atoms with Crippen molar-refractivity contribution in [1.82, 2.24) is 9.97 Å². The first-order chi connectivity index (χ1) is 7.61. The number of hydrogen-bond donors (Lipinski definition) is 0. The normalized spacial score (nSPS) is 13.3. The summed E-state index contributed by atoms with van der Waals surface area (Å²) in [5, 5.41) is 9.13. The summed E-state index contributed by atoms with van der Waals surface area (Å²) >= 11 is 5.79. The van der Waals surface area contributed by atoms with Gasteiger partial charge in [-0.25, -0.2) is 4.98 Å². The average molecular weight is 236 g/mol. The van der Waals surface area contributed by atoms with Gasteiger partial charge in [0.1, 0.15) is 0 Å². The molecule has 4 nitrogen and oxygen atoms in total. The van der Waals surface area contributed by atoms with E-state index in [9.17, 15) is 0 Å². The Hall–Kier alpha value is -1.60. The molecule has 16 heavy (non-hydrogen) atoms. The number of rotatable bonds is 2. The first-order valence-electron chi connectivity index (χ1n) is 4.95. The Kier molecular flexibility index (Phi) is 2.80. The van der Waals surface area contributed by atoms with E-state index in [0.717, 1.165) is 5.69 Å². The van der Waals surface area contributed by atoms with Crippen molar-refractivity contribution in [2.24, 2.45) is 0 Å². The molecule has 1 heterocycles. The Bertz CT molecular complexity index is 503. The van der Waals surface area contributed by atoms with Gasteiger partial charge in [-0.1, -0.05) is 6.08 Å². The fourth-order valence-electron chi connectivity index (χ4n) is 1.58. The maximum absolute atomic E-state index is 8.98. The van der Waals surface area contributed by atoms with Crippen LogP contribution in [0.1, 0.15) is 25.1 Å². The van der Waals surface area contributed by atoms with Crippen LogP contribution < -0.4 is 4.74 Å². The fourth-order valence-corrected chi connectivity index (χ4v) is 1.76. The Morgan fingerprint density at radius 2 is 2.25 bits per heavy atom. The number of halogens is 1. The molecule has 0 radical (unpaired) electrons. The number of nitriles is 1. The quantitative estimate of drug-likeness (QED) is 0.739. The van der Waals surface area contributed by atoms with Crippen LogP contribution >= 0.6 is 11.6 Å². The number of hydrogen-bond acceptors (Lipinski definition) is 4.